The predicted octanol–water partition coefficient (Wildman–Crippen LogP) is 2.75. The maximum Gasteiger partial charge on any atom is 0.227 e. The van der Waals surface area contributed by atoms with Gasteiger partial charge in [-0.2, -0.15) is 0 Å². The zero-order valence-corrected chi connectivity index (χ0v) is 12.7. The molecule has 0 heterocycles. The standard InChI is InChI=1S/C15H20ClN3O2/c1-9(20)18-13-6-5-11(16)8-14(13)19-15(21)10-3-2-4-12(17)7-10/h5-6,8,10,12H,2-4,7,17H2,1H3,(H,18,20)(H,19,21). The Morgan fingerprint density at radius 2 is 2.00 bits per heavy atom. The van der Waals surface area contributed by atoms with Crippen molar-refractivity contribution in [2.45, 2.75) is 38.6 Å². The Hall–Kier alpha value is -1.59. The number of nitrogens with one attached hydrogen (secondary N) is 2. The van der Waals surface area contributed by atoms with Crippen LogP contribution >= 0.6 is 11.6 Å². The molecule has 1 aromatic rings. The molecular weight excluding hydrogens is 290 g/mol. The van der Waals surface area contributed by atoms with Gasteiger partial charge in [0.25, 0.3) is 0 Å². The van der Waals surface area contributed by atoms with E-state index in [0.29, 0.717) is 22.8 Å². The van der Waals surface area contributed by atoms with Crippen LogP contribution in [0.2, 0.25) is 5.02 Å². The number of hydrogen-bond donors (Lipinski definition) is 3. The first-order valence-corrected chi connectivity index (χ1v) is 7.47. The lowest BCUT2D eigenvalue weighted by atomic mass is 9.85. The zero-order chi connectivity index (χ0) is 15.4. The fourth-order valence-corrected chi connectivity index (χ4v) is 2.79. The van der Waals surface area contributed by atoms with Crippen LogP contribution in [0.1, 0.15) is 32.6 Å². The van der Waals surface area contributed by atoms with Crippen molar-refractivity contribution in [3.05, 3.63) is 23.2 Å². The number of rotatable bonds is 3. The van der Waals surface area contributed by atoms with Crippen LogP contribution in [0.3, 0.4) is 0 Å². The number of carbonyl (C=O) groups excluding carboxylic acids is 2. The molecule has 5 nitrogen and oxygen atoms in total. The van der Waals surface area contributed by atoms with Gasteiger partial charge >= 0.3 is 0 Å². The van der Waals surface area contributed by atoms with Gasteiger partial charge in [0, 0.05) is 23.9 Å². The molecule has 0 bridgehead atoms. The average molecular weight is 310 g/mol. The van der Waals surface area contributed by atoms with E-state index in [0.717, 1.165) is 19.3 Å². The molecule has 4 N–H and O–H groups in total. The molecule has 2 unspecified atom stereocenters. The van der Waals surface area contributed by atoms with Crippen LogP contribution < -0.4 is 16.4 Å². The molecule has 0 radical (unpaired) electrons. The molecule has 21 heavy (non-hydrogen) atoms. The highest BCUT2D eigenvalue weighted by atomic mass is 35.5. The molecule has 1 aliphatic rings. The molecule has 0 aromatic heterocycles. The largest absolute Gasteiger partial charge is 0.328 e. The first-order chi connectivity index (χ1) is 9.95. The second-order valence-corrected chi connectivity index (χ2v) is 5.92. The van der Waals surface area contributed by atoms with Gasteiger partial charge < -0.3 is 16.4 Å². The number of anilines is 2. The summed E-state index contributed by atoms with van der Waals surface area (Å²) in [5, 5.41) is 6.03. The van der Waals surface area contributed by atoms with Gasteiger partial charge in [-0.15, -0.1) is 0 Å². The number of benzene rings is 1. The molecule has 1 fully saturated rings. The summed E-state index contributed by atoms with van der Waals surface area (Å²) in [4.78, 5) is 23.5. The van der Waals surface area contributed by atoms with Crippen LogP contribution in [0.4, 0.5) is 11.4 Å². The maximum atomic E-state index is 12.3. The molecule has 2 rings (SSSR count). The molecule has 114 valence electrons. The molecule has 2 amide bonds. The average Bonchev–Trinajstić information content (AvgIpc) is 2.41. The van der Waals surface area contributed by atoms with Crippen LogP contribution in [0.15, 0.2) is 18.2 Å². The van der Waals surface area contributed by atoms with E-state index < -0.39 is 0 Å². The number of carbonyl (C=O) groups is 2. The quantitative estimate of drug-likeness (QED) is 0.802. The van der Waals surface area contributed by atoms with Gasteiger partial charge in [0.05, 0.1) is 11.4 Å². The SMILES string of the molecule is CC(=O)Nc1ccc(Cl)cc1NC(=O)C1CCCC(N)C1. The number of nitrogens with two attached hydrogens (primary N) is 1. The van der Waals surface area contributed by atoms with Crippen molar-refractivity contribution in [1.82, 2.24) is 0 Å². The van der Waals surface area contributed by atoms with E-state index in [1.807, 2.05) is 0 Å². The molecule has 0 spiro atoms. The lowest BCUT2D eigenvalue weighted by molar-refractivity contribution is -0.121. The fourth-order valence-electron chi connectivity index (χ4n) is 2.62. The molecule has 1 saturated carbocycles. The Morgan fingerprint density at radius 1 is 1.24 bits per heavy atom. The second kappa shape index (κ2) is 6.91. The summed E-state index contributed by atoms with van der Waals surface area (Å²) in [6, 6.07) is 5.06. The highest BCUT2D eigenvalue weighted by molar-refractivity contribution is 6.31. The van der Waals surface area contributed by atoms with Crippen LogP contribution in [0.25, 0.3) is 0 Å². The van der Waals surface area contributed by atoms with Gasteiger partial charge in [0.1, 0.15) is 0 Å². The topological polar surface area (TPSA) is 84.2 Å². The van der Waals surface area contributed by atoms with Crippen molar-refractivity contribution in [3.63, 3.8) is 0 Å². The highest BCUT2D eigenvalue weighted by Gasteiger charge is 2.25. The first kappa shape index (κ1) is 15.8. The van der Waals surface area contributed by atoms with E-state index in [2.05, 4.69) is 10.6 Å². The number of hydrogen-bond acceptors (Lipinski definition) is 3. The van der Waals surface area contributed by atoms with Crippen molar-refractivity contribution < 1.29 is 9.59 Å². The molecule has 1 aliphatic carbocycles. The van der Waals surface area contributed by atoms with Crippen molar-refractivity contribution in [2.75, 3.05) is 10.6 Å². The summed E-state index contributed by atoms with van der Waals surface area (Å²) < 4.78 is 0. The zero-order valence-electron chi connectivity index (χ0n) is 12.0. The predicted molar refractivity (Wildman–Crippen MR) is 84.3 cm³/mol. The minimum Gasteiger partial charge on any atom is -0.328 e. The smallest absolute Gasteiger partial charge is 0.227 e. The minimum absolute atomic E-state index is 0.0704. The van der Waals surface area contributed by atoms with Gasteiger partial charge in [-0.1, -0.05) is 18.0 Å². The summed E-state index contributed by atoms with van der Waals surface area (Å²) in [6.45, 7) is 1.42. The minimum atomic E-state index is -0.201. The van der Waals surface area contributed by atoms with Crippen molar-refractivity contribution in [1.29, 1.82) is 0 Å². The Bertz CT molecular complexity index is 548. The van der Waals surface area contributed by atoms with Gasteiger partial charge in [-0.3, -0.25) is 9.59 Å². The highest BCUT2D eigenvalue weighted by Crippen LogP contribution is 2.29. The normalized spacial score (nSPS) is 21.7. The first-order valence-electron chi connectivity index (χ1n) is 7.09. The maximum absolute atomic E-state index is 12.3. The molecule has 0 aliphatic heterocycles. The summed E-state index contributed by atoms with van der Waals surface area (Å²) >= 11 is 5.96. The lowest BCUT2D eigenvalue weighted by Crippen LogP contribution is -2.34. The molecule has 6 heteroatoms. The summed E-state index contributed by atoms with van der Waals surface area (Å²) in [5.41, 5.74) is 6.98. The van der Waals surface area contributed by atoms with E-state index in [4.69, 9.17) is 17.3 Å². The van der Waals surface area contributed by atoms with E-state index in [1.54, 1.807) is 18.2 Å². The van der Waals surface area contributed by atoms with Gasteiger partial charge in [0.2, 0.25) is 11.8 Å². The fraction of sp³-hybridized carbons (Fsp3) is 0.467. The molecular formula is C15H20ClN3O2. The van der Waals surface area contributed by atoms with E-state index >= 15 is 0 Å². The number of halogens is 1. The van der Waals surface area contributed by atoms with Crippen LogP contribution in [0, 0.1) is 5.92 Å². The summed E-state index contributed by atoms with van der Waals surface area (Å²) in [5.74, 6) is -0.357. The van der Waals surface area contributed by atoms with Crippen molar-refractivity contribution >= 4 is 34.8 Å². The van der Waals surface area contributed by atoms with Gasteiger partial charge in [-0.25, -0.2) is 0 Å². The van der Waals surface area contributed by atoms with E-state index in [9.17, 15) is 9.59 Å². The van der Waals surface area contributed by atoms with Crippen LogP contribution in [0.5, 0.6) is 0 Å². The molecule has 0 saturated heterocycles. The third kappa shape index (κ3) is 4.44. The Kier molecular flexibility index (Phi) is 5.20. The second-order valence-electron chi connectivity index (χ2n) is 5.48. The summed E-state index contributed by atoms with van der Waals surface area (Å²) in [6.07, 6.45) is 3.48. The van der Waals surface area contributed by atoms with E-state index in [1.165, 1.54) is 6.92 Å². The molecule has 1 aromatic carbocycles. The van der Waals surface area contributed by atoms with Crippen LogP contribution in [-0.2, 0) is 9.59 Å². The Morgan fingerprint density at radius 3 is 2.67 bits per heavy atom. The third-order valence-corrected chi connectivity index (χ3v) is 3.87. The van der Waals surface area contributed by atoms with Crippen LogP contribution in [-0.4, -0.2) is 17.9 Å². The van der Waals surface area contributed by atoms with E-state index in [-0.39, 0.29) is 23.8 Å². The Labute approximate surface area is 129 Å². The Balaban J connectivity index is 2.12. The van der Waals surface area contributed by atoms with Crippen molar-refractivity contribution in [2.24, 2.45) is 11.7 Å². The monoisotopic (exact) mass is 309 g/mol. The lowest BCUT2D eigenvalue weighted by Gasteiger charge is -2.26. The number of amides is 2. The molecule has 2 atom stereocenters. The van der Waals surface area contributed by atoms with Crippen molar-refractivity contribution in [3.8, 4) is 0 Å². The third-order valence-electron chi connectivity index (χ3n) is 3.64. The van der Waals surface area contributed by atoms with Gasteiger partial charge in [0.15, 0.2) is 0 Å². The van der Waals surface area contributed by atoms with Gasteiger partial charge in [-0.05, 0) is 37.5 Å². The summed E-state index contributed by atoms with van der Waals surface area (Å²) in [7, 11) is 0.